The van der Waals surface area contributed by atoms with Gasteiger partial charge in [-0.2, -0.15) is 0 Å². The van der Waals surface area contributed by atoms with E-state index in [1.165, 1.54) is 80.7 Å². The molecule has 146 valence electrons. The second-order valence-electron chi connectivity index (χ2n) is 7.90. The van der Waals surface area contributed by atoms with Crippen LogP contribution < -0.4 is 4.74 Å². The first-order valence-electron chi connectivity index (χ1n) is 10.7. The summed E-state index contributed by atoms with van der Waals surface area (Å²) in [6, 6.07) is 8.38. The fraction of sp³-hybridized carbons (Fsp3) is 0.520. The minimum absolute atomic E-state index is 0.212. The number of allylic oxidation sites excluding steroid dienone is 4. The van der Waals surface area contributed by atoms with E-state index < -0.39 is 0 Å². The standard InChI is InChI=1S/C25H35OP/c1-4-22(23-18-12-13-19-24(23)26-3)25(5-2)27(20-14-8-6-9-15-20)21-16-10-7-11-17-21/h4-5,12-13,18-21H,1-2,6-11,14-17H2,3H3/b25-22-. The van der Waals surface area contributed by atoms with Crippen molar-refractivity contribution in [3.05, 3.63) is 60.5 Å². The molecule has 0 bridgehead atoms. The predicted molar refractivity (Wildman–Crippen MR) is 121 cm³/mol. The molecule has 0 unspecified atom stereocenters. The van der Waals surface area contributed by atoms with Crippen LogP contribution in [-0.2, 0) is 0 Å². The average Bonchev–Trinajstić information content (AvgIpc) is 2.75. The maximum atomic E-state index is 5.68. The SMILES string of the molecule is C=C/C(=C(\C=C)P(C1CCCCC1)C1CCCCC1)c1ccccc1OC. The molecule has 0 spiro atoms. The van der Waals surface area contributed by atoms with Crippen LogP contribution in [0.2, 0.25) is 0 Å². The third-order valence-electron chi connectivity index (χ3n) is 6.28. The van der Waals surface area contributed by atoms with Crippen molar-refractivity contribution in [2.24, 2.45) is 0 Å². The lowest BCUT2D eigenvalue weighted by Crippen LogP contribution is -2.21. The van der Waals surface area contributed by atoms with E-state index in [4.69, 9.17) is 4.74 Å². The van der Waals surface area contributed by atoms with E-state index in [-0.39, 0.29) is 7.92 Å². The average molecular weight is 383 g/mol. The zero-order valence-corrected chi connectivity index (χ0v) is 17.9. The van der Waals surface area contributed by atoms with Gasteiger partial charge in [-0.25, -0.2) is 0 Å². The van der Waals surface area contributed by atoms with Crippen molar-refractivity contribution in [3.8, 4) is 5.75 Å². The maximum absolute atomic E-state index is 5.68. The highest BCUT2D eigenvalue weighted by Gasteiger charge is 2.34. The van der Waals surface area contributed by atoms with Crippen molar-refractivity contribution in [1.82, 2.24) is 0 Å². The fourth-order valence-electron chi connectivity index (χ4n) is 4.98. The van der Waals surface area contributed by atoms with Crippen LogP contribution in [0.15, 0.2) is 54.9 Å². The van der Waals surface area contributed by atoms with Crippen molar-refractivity contribution < 1.29 is 4.74 Å². The quantitative estimate of drug-likeness (QED) is 0.344. The highest BCUT2D eigenvalue weighted by Crippen LogP contribution is 2.63. The molecule has 2 fully saturated rings. The number of rotatable bonds is 7. The van der Waals surface area contributed by atoms with E-state index in [1.54, 1.807) is 7.11 Å². The van der Waals surface area contributed by atoms with Gasteiger partial charge in [0.1, 0.15) is 5.75 Å². The van der Waals surface area contributed by atoms with Crippen LogP contribution in [0.4, 0.5) is 0 Å². The molecule has 2 saturated carbocycles. The fourth-order valence-corrected chi connectivity index (χ4v) is 8.91. The monoisotopic (exact) mass is 382 g/mol. The Morgan fingerprint density at radius 3 is 1.93 bits per heavy atom. The lowest BCUT2D eigenvalue weighted by atomic mass is 9.99. The minimum atomic E-state index is -0.212. The van der Waals surface area contributed by atoms with Gasteiger partial charge in [-0.15, -0.1) is 0 Å². The molecule has 0 amide bonds. The van der Waals surface area contributed by atoms with Crippen LogP contribution >= 0.6 is 7.92 Å². The predicted octanol–water partition coefficient (Wildman–Crippen LogP) is 7.93. The van der Waals surface area contributed by atoms with Crippen LogP contribution in [0.3, 0.4) is 0 Å². The molecule has 1 aromatic rings. The third kappa shape index (κ3) is 4.75. The Bertz CT molecular complexity index is 645. The highest BCUT2D eigenvalue weighted by atomic mass is 31.1. The van der Waals surface area contributed by atoms with Crippen LogP contribution in [0, 0.1) is 0 Å². The van der Waals surface area contributed by atoms with Gasteiger partial charge in [0.2, 0.25) is 0 Å². The van der Waals surface area contributed by atoms with Crippen molar-refractivity contribution >= 4 is 13.5 Å². The first-order valence-corrected chi connectivity index (χ1v) is 12.2. The minimum Gasteiger partial charge on any atom is -0.496 e. The molecule has 0 N–H and O–H groups in total. The second-order valence-corrected chi connectivity index (χ2v) is 10.7. The second kappa shape index (κ2) is 10.3. The molecular weight excluding hydrogens is 347 g/mol. The number of benzene rings is 1. The molecule has 2 heteroatoms. The summed E-state index contributed by atoms with van der Waals surface area (Å²) in [5.41, 5.74) is 4.14. The molecule has 3 rings (SSSR count). The van der Waals surface area contributed by atoms with Gasteiger partial charge in [0.05, 0.1) is 7.11 Å². The van der Waals surface area contributed by atoms with Crippen LogP contribution in [-0.4, -0.2) is 18.4 Å². The van der Waals surface area contributed by atoms with Gasteiger partial charge in [0, 0.05) is 5.56 Å². The molecule has 2 aliphatic rings. The lowest BCUT2D eigenvalue weighted by molar-refractivity contribution is 0.413. The third-order valence-corrected chi connectivity index (χ3v) is 9.87. The smallest absolute Gasteiger partial charge is 0.126 e. The van der Waals surface area contributed by atoms with E-state index >= 15 is 0 Å². The zero-order valence-electron chi connectivity index (χ0n) is 17.0. The van der Waals surface area contributed by atoms with E-state index in [0.717, 1.165) is 17.1 Å². The summed E-state index contributed by atoms with van der Waals surface area (Å²) in [5, 5.41) is 1.48. The Morgan fingerprint density at radius 1 is 0.889 bits per heavy atom. The zero-order chi connectivity index (χ0) is 19.1. The van der Waals surface area contributed by atoms with Crippen LogP contribution in [0.25, 0.3) is 5.57 Å². The number of hydrogen-bond acceptors (Lipinski definition) is 1. The lowest BCUT2D eigenvalue weighted by Gasteiger charge is -2.40. The molecule has 0 saturated heterocycles. The van der Waals surface area contributed by atoms with Gasteiger partial charge in [-0.3, -0.25) is 0 Å². The molecule has 0 aromatic heterocycles. The summed E-state index contributed by atoms with van der Waals surface area (Å²) in [6.45, 7) is 8.49. The Morgan fingerprint density at radius 2 is 1.44 bits per heavy atom. The summed E-state index contributed by atoms with van der Waals surface area (Å²) in [7, 11) is 1.55. The Hall–Kier alpha value is -1.33. The number of methoxy groups -OCH3 is 1. The summed E-state index contributed by atoms with van der Waals surface area (Å²) in [4.78, 5) is 0. The summed E-state index contributed by atoms with van der Waals surface area (Å²) in [5.74, 6) is 0.939. The highest BCUT2D eigenvalue weighted by molar-refractivity contribution is 7.64. The van der Waals surface area contributed by atoms with Crippen molar-refractivity contribution in [2.45, 2.75) is 75.5 Å². The Balaban J connectivity index is 2.08. The largest absolute Gasteiger partial charge is 0.496 e. The van der Waals surface area contributed by atoms with Crippen LogP contribution in [0.1, 0.15) is 69.8 Å². The molecular formula is C25H35OP. The number of hydrogen-bond donors (Lipinski definition) is 0. The number of para-hydroxylation sites is 1. The van der Waals surface area contributed by atoms with E-state index in [0.29, 0.717) is 0 Å². The molecule has 0 radical (unpaired) electrons. The molecule has 0 heterocycles. The van der Waals surface area contributed by atoms with Gasteiger partial charge in [0.25, 0.3) is 0 Å². The first-order chi connectivity index (χ1) is 13.3. The summed E-state index contributed by atoms with van der Waals surface area (Å²) in [6.07, 6.45) is 18.2. The van der Waals surface area contributed by atoms with Gasteiger partial charge in [0.15, 0.2) is 0 Å². The van der Waals surface area contributed by atoms with Crippen molar-refractivity contribution in [1.29, 1.82) is 0 Å². The molecule has 2 aliphatic carbocycles. The van der Waals surface area contributed by atoms with Gasteiger partial charge < -0.3 is 4.74 Å². The van der Waals surface area contributed by atoms with Crippen molar-refractivity contribution in [2.75, 3.05) is 7.11 Å². The normalized spacial score (nSPS) is 20.2. The van der Waals surface area contributed by atoms with Gasteiger partial charge >= 0.3 is 0 Å². The Labute approximate surface area is 167 Å². The topological polar surface area (TPSA) is 9.23 Å². The van der Waals surface area contributed by atoms with Gasteiger partial charge in [-0.05, 0) is 54.0 Å². The van der Waals surface area contributed by atoms with E-state index in [2.05, 4.69) is 43.5 Å². The van der Waals surface area contributed by atoms with Crippen LogP contribution in [0.5, 0.6) is 5.75 Å². The molecule has 0 aliphatic heterocycles. The Kier molecular flexibility index (Phi) is 7.77. The summed E-state index contributed by atoms with van der Waals surface area (Å²) >= 11 is 0. The van der Waals surface area contributed by atoms with E-state index in [1.807, 2.05) is 6.07 Å². The maximum Gasteiger partial charge on any atom is 0.126 e. The van der Waals surface area contributed by atoms with Gasteiger partial charge in [-0.1, -0.05) is 90.0 Å². The molecule has 1 nitrogen and oxygen atoms in total. The number of ether oxygens (including phenoxy) is 1. The molecule has 27 heavy (non-hydrogen) atoms. The summed E-state index contributed by atoms with van der Waals surface area (Å²) < 4.78 is 5.68. The van der Waals surface area contributed by atoms with Crippen molar-refractivity contribution in [3.63, 3.8) is 0 Å². The first kappa shape index (κ1) is 20.4. The molecule has 1 aromatic carbocycles. The molecule has 0 atom stereocenters. The van der Waals surface area contributed by atoms with E-state index in [9.17, 15) is 0 Å².